The fourth-order valence-electron chi connectivity index (χ4n) is 2.37. The van der Waals surface area contributed by atoms with E-state index in [1.54, 1.807) is 0 Å². The van der Waals surface area contributed by atoms with Gasteiger partial charge in [0.1, 0.15) is 0 Å². The lowest BCUT2D eigenvalue weighted by Crippen LogP contribution is -2.02. The molecular formula is C8H14N. The zero-order chi connectivity index (χ0) is 6.27. The summed E-state index contributed by atoms with van der Waals surface area (Å²) in [6, 6.07) is 0. The van der Waals surface area contributed by atoms with Gasteiger partial charge in [-0.3, -0.25) is 0 Å². The van der Waals surface area contributed by atoms with Gasteiger partial charge in [-0.05, 0) is 30.6 Å². The number of fused-ring (bicyclic) bond motifs is 1. The molecule has 0 bridgehead atoms. The van der Waals surface area contributed by atoms with Crippen molar-refractivity contribution in [2.45, 2.75) is 19.8 Å². The van der Waals surface area contributed by atoms with Gasteiger partial charge in [0.25, 0.3) is 0 Å². The summed E-state index contributed by atoms with van der Waals surface area (Å²) in [7, 11) is 0. The Morgan fingerprint density at radius 3 is 2.22 bits per heavy atom. The molecule has 51 valence electrons. The fraction of sp³-hybridized carbons (Fsp3) is 1.00. The Bertz CT molecular complexity index is 99.1. The van der Waals surface area contributed by atoms with Crippen LogP contribution in [0, 0.1) is 17.8 Å². The molecule has 2 atom stereocenters. The van der Waals surface area contributed by atoms with Crippen molar-refractivity contribution in [3.05, 3.63) is 0 Å². The van der Waals surface area contributed by atoms with E-state index in [1.165, 1.54) is 25.9 Å². The van der Waals surface area contributed by atoms with E-state index in [0.717, 1.165) is 17.8 Å². The zero-order valence-electron chi connectivity index (χ0n) is 6.01. The van der Waals surface area contributed by atoms with Gasteiger partial charge in [-0.25, -0.2) is 5.32 Å². The number of hydrogen-bond acceptors (Lipinski definition) is 0. The molecule has 1 saturated carbocycles. The van der Waals surface area contributed by atoms with Crippen LogP contribution in [0.2, 0.25) is 0 Å². The van der Waals surface area contributed by atoms with Crippen molar-refractivity contribution >= 4 is 0 Å². The lowest BCUT2D eigenvalue weighted by Gasteiger charge is -2.02. The van der Waals surface area contributed by atoms with Gasteiger partial charge >= 0.3 is 0 Å². The van der Waals surface area contributed by atoms with Gasteiger partial charge in [-0.1, -0.05) is 6.92 Å². The van der Waals surface area contributed by atoms with Gasteiger partial charge in [-0.15, -0.1) is 0 Å². The maximum absolute atomic E-state index is 4.40. The Hall–Kier alpha value is -0.0400. The molecule has 1 heterocycles. The summed E-state index contributed by atoms with van der Waals surface area (Å²) in [5.41, 5.74) is 0. The Kier molecular flexibility index (Phi) is 1.26. The Labute approximate surface area is 56.8 Å². The standard InChI is InChI=1S/C8H14N/c1-6-2-7-4-9-5-8(7)3-6/h6-8H,2-5H2,1H3. The molecular weight excluding hydrogens is 110 g/mol. The maximum atomic E-state index is 4.40. The summed E-state index contributed by atoms with van der Waals surface area (Å²) in [5, 5.41) is 4.40. The Morgan fingerprint density at radius 2 is 1.67 bits per heavy atom. The maximum Gasteiger partial charge on any atom is 0.0165 e. The van der Waals surface area contributed by atoms with Crippen LogP contribution in [0.25, 0.3) is 0 Å². The predicted molar refractivity (Wildman–Crippen MR) is 37.2 cm³/mol. The van der Waals surface area contributed by atoms with E-state index in [0.29, 0.717) is 0 Å². The fourth-order valence-corrected chi connectivity index (χ4v) is 2.37. The van der Waals surface area contributed by atoms with Gasteiger partial charge in [0.2, 0.25) is 0 Å². The number of rotatable bonds is 0. The molecule has 0 N–H and O–H groups in total. The van der Waals surface area contributed by atoms with Gasteiger partial charge in [-0.2, -0.15) is 0 Å². The SMILES string of the molecule is CC1CC2C[N]CC2C1. The van der Waals surface area contributed by atoms with Gasteiger partial charge < -0.3 is 0 Å². The molecule has 1 heteroatoms. The number of nitrogens with zero attached hydrogens (tertiary/aromatic N) is 1. The summed E-state index contributed by atoms with van der Waals surface area (Å²) in [6.07, 6.45) is 2.91. The summed E-state index contributed by atoms with van der Waals surface area (Å²) in [6.45, 7) is 4.72. The molecule has 9 heavy (non-hydrogen) atoms. The minimum Gasteiger partial charge on any atom is -0.241 e. The molecule has 0 spiro atoms. The molecule has 2 aliphatic rings. The molecule has 1 aliphatic carbocycles. The van der Waals surface area contributed by atoms with Gasteiger partial charge in [0.15, 0.2) is 0 Å². The summed E-state index contributed by atoms with van der Waals surface area (Å²) < 4.78 is 0. The molecule has 2 rings (SSSR count). The molecule has 0 aromatic carbocycles. The average molecular weight is 124 g/mol. The third kappa shape index (κ3) is 0.877. The largest absolute Gasteiger partial charge is 0.241 e. The summed E-state index contributed by atoms with van der Waals surface area (Å²) >= 11 is 0. The van der Waals surface area contributed by atoms with Crippen molar-refractivity contribution < 1.29 is 0 Å². The highest BCUT2D eigenvalue weighted by atomic mass is 14.9. The van der Waals surface area contributed by atoms with Crippen molar-refractivity contribution in [3.8, 4) is 0 Å². The summed E-state index contributed by atoms with van der Waals surface area (Å²) in [5.74, 6) is 2.97. The van der Waals surface area contributed by atoms with Crippen LogP contribution in [0.5, 0.6) is 0 Å². The van der Waals surface area contributed by atoms with Crippen molar-refractivity contribution in [1.29, 1.82) is 0 Å². The minimum atomic E-state index is 0.986. The molecule has 0 amide bonds. The number of hydrogen-bond donors (Lipinski definition) is 0. The van der Waals surface area contributed by atoms with Crippen LogP contribution >= 0.6 is 0 Å². The molecule has 2 fully saturated rings. The van der Waals surface area contributed by atoms with Crippen LogP contribution in [0.3, 0.4) is 0 Å². The molecule has 1 nitrogen and oxygen atoms in total. The van der Waals surface area contributed by atoms with Crippen LogP contribution in [-0.2, 0) is 0 Å². The van der Waals surface area contributed by atoms with E-state index in [9.17, 15) is 0 Å². The van der Waals surface area contributed by atoms with E-state index < -0.39 is 0 Å². The predicted octanol–water partition coefficient (Wildman–Crippen LogP) is 1.27. The normalized spacial score (nSPS) is 49.7. The lowest BCUT2D eigenvalue weighted by molar-refractivity contribution is 0.494. The van der Waals surface area contributed by atoms with E-state index in [4.69, 9.17) is 0 Å². The third-order valence-electron chi connectivity index (χ3n) is 2.80. The first-order chi connectivity index (χ1) is 4.36. The molecule has 1 saturated heterocycles. The first-order valence-electron chi connectivity index (χ1n) is 3.99. The highest BCUT2D eigenvalue weighted by Crippen LogP contribution is 2.38. The molecule has 1 radical (unpaired) electrons. The van der Waals surface area contributed by atoms with Crippen molar-refractivity contribution in [3.63, 3.8) is 0 Å². The van der Waals surface area contributed by atoms with E-state index in [1.807, 2.05) is 0 Å². The second-order valence-corrected chi connectivity index (χ2v) is 3.69. The zero-order valence-corrected chi connectivity index (χ0v) is 6.01. The minimum absolute atomic E-state index is 0.986. The highest BCUT2D eigenvalue weighted by Gasteiger charge is 2.35. The van der Waals surface area contributed by atoms with Crippen LogP contribution in [0.4, 0.5) is 0 Å². The first-order valence-corrected chi connectivity index (χ1v) is 3.99. The molecule has 2 unspecified atom stereocenters. The molecule has 0 aromatic rings. The average Bonchev–Trinajstić information content (AvgIpc) is 2.22. The summed E-state index contributed by atoms with van der Waals surface area (Å²) in [4.78, 5) is 0. The van der Waals surface area contributed by atoms with E-state index in [-0.39, 0.29) is 0 Å². The van der Waals surface area contributed by atoms with Crippen molar-refractivity contribution in [2.24, 2.45) is 17.8 Å². The van der Waals surface area contributed by atoms with Gasteiger partial charge in [0.05, 0.1) is 0 Å². The van der Waals surface area contributed by atoms with Crippen LogP contribution in [-0.4, -0.2) is 13.1 Å². The third-order valence-corrected chi connectivity index (χ3v) is 2.80. The van der Waals surface area contributed by atoms with Crippen molar-refractivity contribution in [2.75, 3.05) is 13.1 Å². The monoisotopic (exact) mass is 124 g/mol. The van der Waals surface area contributed by atoms with Gasteiger partial charge in [0, 0.05) is 13.1 Å². The van der Waals surface area contributed by atoms with E-state index >= 15 is 0 Å². The highest BCUT2D eigenvalue weighted by molar-refractivity contribution is 4.88. The molecule has 1 aliphatic heterocycles. The van der Waals surface area contributed by atoms with Crippen molar-refractivity contribution in [1.82, 2.24) is 5.32 Å². The molecule has 0 aromatic heterocycles. The topological polar surface area (TPSA) is 14.1 Å². The van der Waals surface area contributed by atoms with Crippen LogP contribution < -0.4 is 5.32 Å². The van der Waals surface area contributed by atoms with Crippen LogP contribution in [0.1, 0.15) is 19.8 Å². The Balaban J connectivity index is 2.02. The smallest absolute Gasteiger partial charge is 0.0165 e. The quantitative estimate of drug-likeness (QED) is 0.461. The second-order valence-electron chi connectivity index (χ2n) is 3.69. The first kappa shape index (κ1) is 5.72. The Morgan fingerprint density at radius 1 is 1.11 bits per heavy atom. The lowest BCUT2D eigenvalue weighted by atomic mass is 10.0. The van der Waals surface area contributed by atoms with E-state index in [2.05, 4.69) is 12.2 Å². The van der Waals surface area contributed by atoms with Crippen LogP contribution in [0.15, 0.2) is 0 Å². The second kappa shape index (κ2) is 1.98.